The van der Waals surface area contributed by atoms with Gasteiger partial charge in [-0.05, 0) is 32.2 Å². The van der Waals surface area contributed by atoms with E-state index in [-0.39, 0.29) is 11.6 Å². The third kappa shape index (κ3) is 2.82. The molecule has 9 heteroatoms. The molecule has 0 atom stereocenters. The minimum absolute atomic E-state index is 0.193. The second-order valence-electron chi connectivity index (χ2n) is 5.91. The fourth-order valence-electron chi connectivity index (χ4n) is 2.68. The zero-order valence-electron chi connectivity index (χ0n) is 14.2. The van der Waals surface area contributed by atoms with Crippen molar-refractivity contribution in [2.75, 3.05) is 12.0 Å². The molecule has 0 spiro atoms. The molecule has 5 nitrogen and oxygen atoms in total. The van der Waals surface area contributed by atoms with Crippen molar-refractivity contribution in [3.63, 3.8) is 0 Å². The average Bonchev–Trinajstić information content (AvgIpc) is 2.61. The average molecular weight is 380 g/mol. The van der Waals surface area contributed by atoms with E-state index in [2.05, 4.69) is 9.97 Å². The second kappa shape index (κ2) is 6.64. The van der Waals surface area contributed by atoms with Crippen molar-refractivity contribution in [2.24, 2.45) is 0 Å². The molecular formula is C17H15F3N4OS. The van der Waals surface area contributed by atoms with E-state index >= 15 is 0 Å². The lowest BCUT2D eigenvalue weighted by molar-refractivity contribution is 0.502. The Morgan fingerprint density at radius 1 is 1.15 bits per heavy atom. The number of nitrogen functional groups attached to an aromatic ring is 1. The first-order chi connectivity index (χ1) is 12.3. The van der Waals surface area contributed by atoms with Crippen molar-refractivity contribution in [3.05, 3.63) is 46.1 Å². The van der Waals surface area contributed by atoms with Crippen molar-refractivity contribution < 1.29 is 13.2 Å². The first kappa shape index (κ1) is 18.2. The topological polar surface area (TPSA) is 73.8 Å². The molecule has 3 aromatic rings. The lowest BCUT2D eigenvalue weighted by Gasteiger charge is -2.16. The first-order valence-corrected chi connectivity index (χ1v) is 8.88. The minimum atomic E-state index is -1.52. The number of nitrogens with zero attached hydrogens (tertiary/aromatic N) is 3. The predicted molar refractivity (Wildman–Crippen MR) is 95.7 cm³/mol. The maximum absolute atomic E-state index is 14.4. The number of pyridine rings is 1. The SMILES string of the molecule is CSc1ncc2cc(-c3cc(F)c(N)c(F)c3F)c(=O)n(C(C)C)c2n1. The molecule has 0 aliphatic rings. The summed E-state index contributed by atoms with van der Waals surface area (Å²) in [5.74, 6) is -4.04. The van der Waals surface area contributed by atoms with Gasteiger partial charge in [0.1, 0.15) is 17.2 Å². The molecule has 0 unspecified atom stereocenters. The molecule has 136 valence electrons. The Bertz CT molecular complexity index is 1080. The van der Waals surface area contributed by atoms with Gasteiger partial charge in [0.2, 0.25) is 0 Å². The predicted octanol–water partition coefficient (Wildman–Crippen LogP) is 3.76. The standard InChI is InChI=1S/C17H15F3N4OS/c1-7(2)24-15-8(6-22-17(23-15)26-3)4-10(16(24)25)9-5-11(18)14(21)13(20)12(9)19/h4-7H,21H2,1-3H3. The fourth-order valence-corrected chi connectivity index (χ4v) is 3.02. The summed E-state index contributed by atoms with van der Waals surface area (Å²) >= 11 is 1.31. The van der Waals surface area contributed by atoms with Gasteiger partial charge in [-0.3, -0.25) is 9.36 Å². The highest BCUT2D eigenvalue weighted by atomic mass is 32.2. The van der Waals surface area contributed by atoms with Crippen LogP contribution in [-0.4, -0.2) is 20.8 Å². The highest BCUT2D eigenvalue weighted by Crippen LogP contribution is 2.30. The van der Waals surface area contributed by atoms with Gasteiger partial charge >= 0.3 is 0 Å². The molecule has 0 amide bonds. The molecule has 0 fully saturated rings. The number of rotatable bonds is 3. The summed E-state index contributed by atoms with van der Waals surface area (Å²) < 4.78 is 43.4. The van der Waals surface area contributed by atoms with E-state index < -0.39 is 34.3 Å². The van der Waals surface area contributed by atoms with Crippen molar-refractivity contribution in [1.29, 1.82) is 0 Å². The minimum Gasteiger partial charge on any atom is -0.394 e. The number of aromatic nitrogens is 3. The smallest absolute Gasteiger partial charge is 0.260 e. The second-order valence-corrected chi connectivity index (χ2v) is 6.68. The summed E-state index contributed by atoms with van der Waals surface area (Å²) in [6.07, 6.45) is 3.28. The summed E-state index contributed by atoms with van der Waals surface area (Å²) in [6.45, 7) is 3.51. The highest BCUT2D eigenvalue weighted by molar-refractivity contribution is 7.98. The maximum atomic E-state index is 14.4. The van der Waals surface area contributed by atoms with Crippen LogP contribution in [0.4, 0.5) is 18.9 Å². The third-order valence-electron chi connectivity index (χ3n) is 3.93. The summed E-state index contributed by atoms with van der Waals surface area (Å²) in [5, 5.41) is 0.915. The van der Waals surface area contributed by atoms with Gasteiger partial charge in [0.05, 0.1) is 5.56 Å². The maximum Gasteiger partial charge on any atom is 0.260 e. The molecule has 0 radical (unpaired) electrons. The molecule has 1 aromatic carbocycles. The number of halogens is 3. The van der Waals surface area contributed by atoms with Crippen molar-refractivity contribution in [2.45, 2.75) is 25.0 Å². The number of hydrogen-bond acceptors (Lipinski definition) is 5. The number of thioether (sulfide) groups is 1. The molecule has 2 aromatic heterocycles. The Balaban J connectivity index is 2.43. The molecule has 0 aliphatic carbocycles. The summed E-state index contributed by atoms with van der Waals surface area (Å²) in [6, 6.07) is 1.73. The largest absolute Gasteiger partial charge is 0.394 e. The van der Waals surface area contributed by atoms with E-state index in [1.165, 1.54) is 28.6 Å². The molecule has 26 heavy (non-hydrogen) atoms. The molecule has 2 heterocycles. The Morgan fingerprint density at radius 3 is 2.46 bits per heavy atom. The van der Waals surface area contributed by atoms with Gasteiger partial charge in [-0.15, -0.1) is 0 Å². The van der Waals surface area contributed by atoms with Crippen LogP contribution in [0.25, 0.3) is 22.2 Å². The van der Waals surface area contributed by atoms with Gasteiger partial charge in [-0.2, -0.15) is 0 Å². The van der Waals surface area contributed by atoms with Crippen LogP contribution in [0.15, 0.2) is 28.3 Å². The van der Waals surface area contributed by atoms with Crippen LogP contribution in [0, 0.1) is 17.5 Å². The molecule has 0 saturated carbocycles. The molecular weight excluding hydrogens is 365 g/mol. The van der Waals surface area contributed by atoms with Gasteiger partial charge in [0, 0.05) is 23.2 Å². The number of benzene rings is 1. The third-order valence-corrected chi connectivity index (χ3v) is 4.50. The molecule has 3 rings (SSSR count). The van der Waals surface area contributed by atoms with Crippen LogP contribution in [-0.2, 0) is 0 Å². The number of hydrogen-bond donors (Lipinski definition) is 1. The van der Waals surface area contributed by atoms with Gasteiger partial charge in [-0.1, -0.05) is 11.8 Å². The highest BCUT2D eigenvalue weighted by Gasteiger charge is 2.22. The molecule has 2 N–H and O–H groups in total. The summed E-state index contributed by atoms with van der Waals surface area (Å²) in [5.41, 5.74) is 3.31. The van der Waals surface area contributed by atoms with Gasteiger partial charge in [0.15, 0.2) is 16.8 Å². The Morgan fingerprint density at radius 2 is 1.85 bits per heavy atom. The number of fused-ring (bicyclic) bond motifs is 1. The van der Waals surface area contributed by atoms with Crippen LogP contribution >= 0.6 is 11.8 Å². The Hall–Kier alpha value is -2.55. The van der Waals surface area contributed by atoms with E-state index in [4.69, 9.17) is 5.73 Å². The van der Waals surface area contributed by atoms with Gasteiger partial charge in [0.25, 0.3) is 5.56 Å². The van der Waals surface area contributed by atoms with E-state index in [1.54, 1.807) is 20.1 Å². The van der Waals surface area contributed by atoms with E-state index in [1.807, 2.05) is 0 Å². The monoisotopic (exact) mass is 380 g/mol. The first-order valence-electron chi connectivity index (χ1n) is 7.65. The van der Waals surface area contributed by atoms with Crippen LogP contribution in [0.1, 0.15) is 19.9 Å². The summed E-state index contributed by atoms with van der Waals surface area (Å²) in [4.78, 5) is 21.4. The van der Waals surface area contributed by atoms with Crippen LogP contribution in [0.3, 0.4) is 0 Å². The zero-order valence-corrected chi connectivity index (χ0v) is 15.0. The summed E-state index contributed by atoms with van der Waals surface area (Å²) in [7, 11) is 0. The van der Waals surface area contributed by atoms with Crippen LogP contribution in [0.2, 0.25) is 0 Å². The van der Waals surface area contributed by atoms with Crippen molar-refractivity contribution in [3.8, 4) is 11.1 Å². The van der Waals surface area contributed by atoms with Crippen molar-refractivity contribution >= 4 is 28.5 Å². The quantitative estimate of drug-likeness (QED) is 0.324. The Kier molecular flexibility index (Phi) is 4.66. The molecule has 0 saturated heterocycles. The van der Waals surface area contributed by atoms with Crippen LogP contribution < -0.4 is 11.3 Å². The van der Waals surface area contributed by atoms with E-state index in [0.717, 1.165) is 6.07 Å². The normalized spacial score (nSPS) is 11.5. The number of anilines is 1. The molecule has 0 aliphatic heterocycles. The van der Waals surface area contributed by atoms with Gasteiger partial charge in [-0.25, -0.2) is 23.1 Å². The lowest BCUT2D eigenvalue weighted by atomic mass is 10.0. The number of nitrogens with two attached hydrogens (primary N) is 1. The lowest BCUT2D eigenvalue weighted by Crippen LogP contribution is -2.25. The van der Waals surface area contributed by atoms with Crippen LogP contribution in [0.5, 0.6) is 0 Å². The zero-order chi connectivity index (χ0) is 19.2. The fraction of sp³-hybridized carbons (Fsp3) is 0.235. The Labute approximate surface area is 151 Å². The van der Waals surface area contributed by atoms with Crippen molar-refractivity contribution in [1.82, 2.24) is 14.5 Å². The van der Waals surface area contributed by atoms with Gasteiger partial charge < -0.3 is 5.73 Å². The van der Waals surface area contributed by atoms with E-state index in [0.29, 0.717) is 16.2 Å². The molecule has 0 bridgehead atoms. The van der Waals surface area contributed by atoms with E-state index in [9.17, 15) is 18.0 Å².